The molecule has 1 amide bonds. The van der Waals surface area contributed by atoms with Gasteiger partial charge in [0.1, 0.15) is 16.5 Å². The van der Waals surface area contributed by atoms with Crippen LogP contribution in [0.5, 0.6) is 0 Å². The molecule has 1 aliphatic heterocycles. The normalized spacial score (nSPS) is 19.1. The van der Waals surface area contributed by atoms with Gasteiger partial charge in [0.2, 0.25) is 5.91 Å². The lowest BCUT2D eigenvalue weighted by Crippen LogP contribution is -2.49. The standard InChI is InChI=1S/C25H38N4OS/c1-4-6-8-10-22(30)28-13-15-29(16-14-28)24-23-19-12-11-18(3)17-20(19)31-25(23)27-21(26-24)9-7-5-2/h18H,4-17H2,1-3H3. The molecule has 0 spiro atoms. The maximum atomic E-state index is 12.6. The highest BCUT2D eigenvalue weighted by Crippen LogP contribution is 2.41. The molecule has 0 radical (unpaired) electrons. The van der Waals surface area contributed by atoms with Crippen molar-refractivity contribution in [3.8, 4) is 0 Å². The molecule has 0 bridgehead atoms. The van der Waals surface area contributed by atoms with Crippen molar-refractivity contribution in [2.75, 3.05) is 31.1 Å². The molecule has 31 heavy (non-hydrogen) atoms. The average Bonchev–Trinajstić information content (AvgIpc) is 3.14. The first-order valence-electron chi connectivity index (χ1n) is 12.4. The largest absolute Gasteiger partial charge is 0.352 e. The lowest BCUT2D eigenvalue weighted by Gasteiger charge is -2.36. The van der Waals surface area contributed by atoms with Crippen LogP contribution in [0.4, 0.5) is 5.82 Å². The van der Waals surface area contributed by atoms with Crippen molar-refractivity contribution in [3.05, 3.63) is 16.3 Å². The Morgan fingerprint density at radius 3 is 2.58 bits per heavy atom. The Morgan fingerprint density at radius 1 is 1.06 bits per heavy atom. The molecule has 1 fully saturated rings. The van der Waals surface area contributed by atoms with Gasteiger partial charge in [-0.25, -0.2) is 9.97 Å². The smallest absolute Gasteiger partial charge is 0.222 e. The summed E-state index contributed by atoms with van der Waals surface area (Å²) in [6.07, 6.45) is 10.9. The summed E-state index contributed by atoms with van der Waals surface area (Å²) >= 11 is 1.90. The summed E-state index contributed by atoms with van der Waals surface area (Å²) in [5, 5.41) is 1.31. The number of anilines is 1. The fourth-order valence-electron chi connectivity index (χ4n) is 4.89. The molecule has 0 N–H and O–H groups in total. The van der Waals surface area contributed by atoms with Crippen LogP contribution in [-0.4, -0.2) is 47.0 Å². The highest BCUT2D eigenvalue weighted by Gasteiger charge is 2.28. The summed E-state index contributed by atoms with van der Waals surface area (Å²) < 4.78 is 0. The van der Waals surface area contributed by atoms with Gasteiger partial charge in [-0.1, -0.05) is 40.0 Å². The maximum Gasteiger partial charge on any atom is 0.222 e. The zero-order valence-corrected chi connectivity index (χ0v) is 20.4. The van der Waals surface area contributed by atoms with Gasteiger partial charge >= 0.3 is 0 Å². The number of hydrogen-bond donors (Lipinski definition) is 0. The second-order valence-electron chi connectivity index (χ2n) is 9.42. The van der Waals surface area contributed by atoms with E-state index in [1.54, 1.807) is 0 Å². The van der Waals surface area contributed by atoms with Crippen LogP contribution in [0.25, 0.3) is 10.2 Å². The number of aromatic nitrogens is 2. The molecule has 170 valence electrons. The molecule has 4 rings (SSSR count). The monoisotopic (exact) mass is 442 g/mol. The van der Waals surface area contributed by atoms with Gasteiger partial charge in [0, 0.05) is 43.9 Å². The van der Waals surface area contributed by atoms with Gasteiger partial charge in [0.05, 0.1) is 5.39 Å². The Balaban J connectivity index is 1.57. The zero-order valence-electron chi connectivity index (χ0n) is 19.6. The van der Waals surface area contributed by atoms with E-state index in [4.69, 9.17) is 9.97 Å². The predicted molar refractivity (Wildman–Crippen MR) is 130 cm³/mol. The highest BCUT2D eigenvalue weighted by molar-refractivity contribution is 7.19. The van der Waals surface area contributed by atoms with E-state index in [9.17, 15) is 4.79 Å². The number of aryl methyl sites for hydroxylation is 2. The van der Waals surface area contributed by atoms with E-state index in [-0.39, 0.29) is 0 Å². The van der Waals surface area contributed by atoms with Gasteiger partial charge in [0.15, 0.2) is 0 Å². The van der Waals surface area contributed by atoms with E-state index in [0.29, 0.717) is 12.3 Å². The van der Waals surface area contributed by atoms with E-state index >= 15 is 0 Å². The number of carbonyl (C=O) groups excluding carboxylic acids is 1. The van der Waals surface area contributed by atoms with Crippen LogP contribution in [-0.2, 0) is 24.1 Å². The molecule has 6 heteroatoms. The van der Waals surface area contributed by atoms with Gasteiger partial charge in [-0.2, -0.15) is 0 Å². The molecule has 0 saturated carbocycles. The number of piperazine rings is 1. The van der Waals surface area contributed by atoms with Crippen LogP contribution in [0.3, 0.4) is 0 Å². The number of rotatable bonds is 8. The molecule has 1 aliphatic carbocycles. The fourth-order valence-corrected chi connectivity index (χ4v) is 6.29. The first-order chi connectivity index (χ1) is 15.1. The molecular weight excluding hydrogens is 404 g/mol. The lowest BCUT2D eigenvalue weighted by atomic mass is 9.89. The minimum Gasteiger partial charge on any atom is -0.352 e. The summed E-state index contributed by atoms with van der Waals surface area (Å²) in [5.41, 5.74) is 1.51. The first-order valence-corrected chi connectivity index (χ1v) is 13.3. The molecule has 1 atom stereocenters. The Morgan fingerprint density at radius 2 is 1.84 bits per heavy atom. The van der Waals surface area contributed by atoms with Crippen LogP contribution in [0.1, 0.15) is 82.0 Å². The van der Waals surface area contributed by atoms with Crippen LogP contribution in [0, 0.1) is 5.92 Å². The molecular formula is C25H38N4OS. The van der Waals surface area contributed by atoms with Crippen LogP contribution in [0.15, 0.2) is 0 Å². The number of fused-ring (bicyclic) bond motifs is 3. The molecule has 2 aromatic heterocycles. The van der Waals surface area contributed by atoms with Crippen LogP contribution in [0.2, 0.25) is 0 Å². The fraction of sp³-hybridized carbons (Fsp3) is 0.720. The number of thiophene rings is 1. The average molecular weight is 443 g/mol. The lowest BCUT2D eigenvalue weighted by molar-refractivity contribution is -0.131. The highest BCUT2D eigenvalue weighted by atomic mass is 32.1. The molecule has 0 aromatic carbocycles. The van der Waals surface area contributed by atoms with Crippen LogP contribution >= 0.6 is 11.3 Å². The van der Waals surface area contributed by atoms with Crippen LogP contribution < -0.4 is 4.90 Å². The molecule has 2 aliphatic rings. The van der Waals surface area contributed by atoms with E-state index in [1.807, 2.05) is 11.3 Å². The molecule has 1 unspecified atom stereocenters. The second kappa shape index (κ2) is 10.3. The maximum absolute atomic E-state index is 12.6. The summed E-state index contributed by atoms with van der Waals surface area (Å²) in [6, 6.07) is 0. The topological polar surface area (TPSA) is 49.3 Å². The quantitative estimate of drug-likeness (QED) is 0.515. The Hall–Kier alpha value is -1.69. The van der Waals surface area contributed by atoms with Crippen molar-refractivity contribution in [2.24, 2.45) is 5.92 Å². The number of nitrogens with zero attached hydrogens (tertiary/aromatic N) is 4. The summed E-state index contributed by atoms with van der Waals surface area (Å²) in [4.78, 5) is 29.9. The minimum atomic E-state index is 0.325. The van der Waals surface area contributed by atoms with Gasteiger partial charge < -0.3 is 9.80 Å². The molecule has 5 nitrogen and oxygen atoms in total. The predicted octanol–water partition coefficient (Wildman–Crippen LogP) is 5.39. The van der Waals surface area contributed by atoms with Crippen molar-refractivity contribution >= 4 is 33.3 Å². The van der Waals surface area contributed by atoms with E-state index < -0.39 is 0 Å². The summed E-state index contributed by atoms with van der Waals surface area (Å²) in [5.74, 6) is 3.22. The minimum absolute atomic E-state index is 0.325. The number of hydrogen-bond acceptors (Lipinski definition) is 5. The Bertz CT molecular complexity index is 901. The van der Waals surface area contributed by atoms with Crippen molar-refractivity contribution < 1.29 is 4.79 Å². The number of amides is 1. The Labute approximate surface area is 191 Å². The Kier molecular flexibility index (Phi) is 7.47. The third-order valence-electron chi connectivity index (χ3n) is 6.86. The van der Waals surface area contributed by atoms with Gasteiger partial charge in [-0.3, -0.25) is 4.79 Å². The third kappa shape index (κ3) is 5.05. The van der Waals surface area contributed by atoms with Crippen molar-refractivity contribution in [1.29, 1.82) is 0 Å². The van der Waals surface area contributed by atoms with Gasteiger partial charge in [0.25, 0.3) is 0 Å². The molecule has 1 saturated heterocycles. The van der Waals surface area contributed by atoms with Crippen molar-refractivity contribution in [3.63, 3.8) is 0 Å². The van der Waals surface area contributed by atoms with E-state index in [2.05, 4.69) is 30.6 Å². The first kappa shape index (κ1) is 22.5. The van der Waals surface area contributed by atoms with E-state index in [0.717, 1.165) is 88.7 Å². The SMILES string of the molecule is CCCCCC(=O)N1CCN(c2nc(CCCC)nc3sc4c(c23)CCC(C)C4)CC1. The molecule has 3 heterocycles. The number of unbranched alkanes of at least 4 members (excludes halogenated alkanes) is 3. The second-order valence-corrected chi connectivity index (χ2v) is 10.5. The zero-order chi connectivity index (χ0) is 21.8. The summed E-state index contributed by atoms with van der Waals surface area (Å²) in [7, 11) is 0. The van der Waals surface area contributed by atoms with Gasteiger partial charge in [-0.05, 0) is 43.6 Å². The summed E-state index contributed by atoms with van der Waals surface area (Å²) in [6.45, 7) is 10.1. The van der Waals surface area contributed by atoms with Crippen molar-refractivity contribution in [1.82, 2.24) is 14.9 Å². The van der Waals surface area contributed by atoms with E-state index in [1.165, 1.54) is 33.5 Å². The number of carbonyl (C=O) groups is 1. The van der Waals surface area contributed by atoms with Crippen molar-refractivity contribution in [2.45, 2.75) is 85.0 Å². The third-order valence-corrected chi connectivity index (χ3v) is 8.01. The van der Waals surface area contributed by atoms with Gasteiger partial charge in [-0.15, -0.1) is 11.3 Å². The molecule has 2 aromatic rings.